The Morgan fingerprint density at radius 3 is 2.84 bits per heavy atom. The van der Waals surface area contributed by atoms with E-state index in [1.54, 1.807) is 12.1 Å². The molecule has 1 aliphatic heterocycles. The van der Waals surface area contributed by atoms with Crippen LogP contribution in [0.4, 0.5) is 5.69 Å². The Morgan fingerprint density at radius 2 is 2.21 bits per heavy atom. The first-order valence-electron chi connectivity index (χ1n) is 6.07. The molecule has 0 spiro atoms. The molecular weight excluding hydrogens is 268 g/mol. The molecule has 1 atom stereocenters. The van der Waals surface area contributed by atoms with Gasteiger partial charge in [-0.05, 0) is 31.0 Å². The number of halogens is 1. The van der Waals surface area contributed by atoms with Gasteiger partial charge in [-0.2, -0.15) is 0 Å². The molecule has 1 aromatic rings. The monoisotopic (exact) mass is 282 g/mol. The van der Waals surface area contributed by atoms with Crippen molar-refractivity contribution in [2.45, 2.75) is 25.3 Å². The highest BCUT2D eigenvalue weighted by Crippen LogP contribution is 2.31. The summed E-state index contributed by atoms with van der Waals surface area (Å²) in [6, 6.07) is 4.83. The van der Waals surface area contributed by atoms with E-state index in [9.17, 15) is 9.59 Å². The van der Waals surface area contributed by atoms with Gasteiger partial charge in [0, 0.05) is 23.3 Å². The summed E-state index contributed by atoms with van der Waals surface area (Å²) in [5.41, 5.74) is 6.36. The van der Waals surface area contributed by atoms with Gasteiger partial charge in [-0.1, -0.05) is 11.6 Å². The average Bonchev–Trinajstić information content (AvgIpc) is 2.76. The van der Waals surface area contributed by atoms with Crippen LogP contribution >= 0.6 is 11.6 Å². The van der Waals surface area contributed by atoms with Crippen LogP contribution in [0.1, 0.15) is 29.6 Å². The van der Waals surface area contributed by atoms with Crippen LogP contribution in [0.25, 0.3) is 0 Å². The van der Waals surface area contributed by atoms with Crippen molar-refractivity contribution in [3.63, 3.8) is 0 Å². The molecule has 1 aliphatic rings. The minimum Gasteiger partial charge on any atom is -0.481 e. The molecule has 1 saturated heterocycles. The number of carbonyl (C=O) groups is 2. The Balaban J connectivity index is 2.35. The number of amides is 1. The van der Waals surface area contributed by atoms with Crippen molar-refractivity contribution in [3.8, 4) is 0 Å². The van der Waals surface area contributed by atoms with Gasteiger partial charge in [0.1, 0.15) is 0 Å². The SMILES string of the molecule is NC(=O)c1cc(Cl)ccc1N1CCCC1CC(=O)O. The third-order valence-corrected chi connectivity index (χ3v) is 3.56. The molecule has 1 unspecified atom stereocenters. The fraction of sp³-hybridized carbons (Fsp3) is 0.385. The number of benzene rings is 1. The van der Waals surface area contributed by atoms with E-state index >= 15 is 0 Å². The summed E-state index contributed by atoms with van der Waals surface area (Å²) in [7, 11) is 0. The number of carboxylic acid groups (broad SMARTS) is 1. The minimum atomic E-state index is -0.841. The molecule has 102 valence electrons. The Hall–Kier alpha value is -1.75. The van der Waals surface area contributed by atoms with E-state index in [2.05, 4.69) is 0 Å². The molecule has 2 rings (SSSR count). The van der Waals surface area contributed by atoms with Crippen LogP contribution in [0, 0.1) is 0 Å². The third-order valence-electron chi connectivity index (χ3n) is 3.32. The van der Waals surface area contributed by atoms with Crippen LogP contribution in [0.15, 0.2) is 18.2 Å². The number of hydrogen-bond donors (Lipinski definition) is 2. The second-order valence-corrected chi connectivity index (χ2v) is 5.05. The van der Waals surface area contributed by atoms with Crippen molar-refractivity contribution >= 4 is 29.2 Å². The van der Waals surface area contributed by atoms with Gasteiger partial charge in [0.25, 0.3) is 5.91 Å². The van der Waals surface area contributed by atoms with Crippen molar-refractivity contribution in [1.82, 2.24) is 0 Å². The number of nitrogens with zero attached hydrogens (tertiary/aromatic N) is 1. The molecule has 19 heavy (non-hydrogen) atoms. The molecule has 1 heterocycles. The number of nitrogens with two attached hydrogens (primary N) is 1. The maximum atomic E-state index is 11.5. The standard InChI is InChI=1S/C13H15ClN2O3/c14-8-3-4-11(10(6-8)13(15)19)16-5-1-2-9(16)7-12(17)18/h3-4,6,9H,1-2,5,7H2,(H2,15,19)(H,17,18). The summed E-state index contributed by atoms with van der Waals surface area (Å²) in [6.07, 6.45) is 1.76. The Morgan fingerprint density at radius 1 is 1.47 bits per heavy atom. The van der Waals surface area contributed by atoms with Gasteiger partial charge < -0.3 is 15.7 Å². The van der Waals surface area contributed by atoms with Crippen LogP contribution in [-0.2, 0) is 4.79 Å². The zero-order valence-corrected chi connectivity index (χ0v) is 11.1. The van der Waals surface area contributed by atoms with Gasteiger partial charge in [0.2, 0.25) is 0 Å². The molecule has 6 heteroatoms. The highest BCUT2D eigenvalue weighted by Gasteiger charge is 2.29. The first-order valence-corrected chi connectivity index (χ1v) is 6.44. The van der Waals surface area contributed by atoms with E-state index in [4.69, 9.17) is 22.4 Å². The molecular formula is C13H15ClN2O3. The Labute approximate surface area is 116 Å². The fourth-order valence-corrected chi connectivity index (χ4v) is 2.69. The first kappa shape index (κ1) is 13.7. The summed E-state index contributed by atoms with van der Waals surface area (Å²) < 4.78 is 0. The van der Waals surface area contributed by atoms with Crippen LogP contribution in [0.3, 0.4) is 0 Å². The maximum absolute atomic E-state index is 11.5. The predicted octanol–water partition coefficient (Wildman–Crippen LogP) is 1.88. The van der Waals surface area contributed by atoms with Gasteiger partial charge in [-0.15, -0.1) is 0 Å². The molecule has 1 amide bonds. The number of rotatable bonds is 4. The summed E-state index contributed by atoms with van der Waals surface area (Å²) in [4.78, 5) is 24.3. The highest BCUT2D eigenvalue weighted by molar-refractivity contribution is 6.31. The van der Waals surface area contributed by atoms with E-state index < -0.39 is 11.9 Å². The van der Waals surface area contributed by atoms with E-state index in [-0.39, 0.29) is 12.5 Å². The van der Waals surface area contributed by atoms with Crippen molar-refractivity contribution in [2.24, 2.45) is 5.73 Å². The lowest BCUT2D eigenvalue weighted by atomic mass is 10.1. The molecule has 0 saturated carbocycles. The lowest BCUT2D eigenvalue weighted by molar-refractivity contribution is -0.137. The molecule has 1 fully saturated rings. The zero-order chi connectivity index (χ0) is 14.0. The molecule has 1 aromatic carbocycles. The van der Waals surface area contributed by atoms with Crippen molar-refractivity contribution < 1.29 is 14.7 Å². The van der Waals surface area contributed by atoms with Crippen LogP contribution in [-0.4, -0.2) is 29.6 Å². The van der Waals surface area contributed by atoms with Crippen LogP contribution in [0.2, 0.25) is 5.02 Å². The average molecular weight is 283 g/mol. The van der Waals surface area contributed by atoms with Crippen molar-refractivity contribution in [1.29, 1.82) is 0 Å². The lowest BCUT2D eigenvalue weighted by Crippen LogP contribution is -2.33. The molecule has 3 N–H and O–H groups in total. The first-order chi connectivity index (χ1) is 8.99. The second-order valence-electron chi connectivity index (χ2n) is 4.61. The lowest BCUT2D eigenvalue weighted by Gasteiger charge is -2.27. The van der Waals surface area contributed by atoms with E-state index in [1.807, 2.05) is 4.90 Å². The number of anilines is 1. The number of carbonyl (C=O) groups excluding carboxylic acids is 1. The highest BCUT2D eigenvalue weighted by atomic mass is 35.5. The fourth-order valence-electron chi connectivity index (χ4n) is 2.52. The summed E-state index contributed by atoms with van der Waals surface area (Å²) in [6.45, 7) is 0.722. The zero-order valence-electron chi connectivity index (χ0n) is 10.3. The van der Waals surface area contributed by atoms with Gasteiger partial charge in [0.15, 0.2) is 0 Å². The van der Waals surface area contributed by atoms with Gasteiger partial charge in [0.05, 0.1) is 12.0 Å². The van der Waals surface area contributed by atoms with Gasteiger partial charge in [-0.3, -0.25) is 9.59 Å². The maximum Gasteiger partial charge on any atom is 0.305 e. The van der Waals surface area contributed by atoms with Crippen LogP contribution in [0.5, 0.6) is 0 Å². The predicted molar refractivity (Wildman–Crippen MR) is 72.6 cm³/mol. The summed E-state index contributed by atoms with van der Waals surface area (Å²) >= 11 is 5.87. The quantitative estimate of drug-likeness (QED) is 0.883. The minimum absolute atomic E-state index is 0.0564. The summed E-state index contributed by atoms with van der Waals surface area (Å²) in [5, 5.41) is 9.36. The van der Waals surface area contributed by atoms with Crippen molar-refractivity contribution in [3.05, 3.63) is 28.8 Å². The van der Waals surface area contributed by atoms with Gasteiger partial charge in [-0.25, -0.2) is 0 Å². The Bertz CT molecular complexity index is 519. The number of aliphatic carboxylic acids is 1. The molecule has 0 radical (unpaired) electrons. The number of carboxylic acids is 1. The molecule has 0 aliphatic carbocycles. The third kappa shape index (κ3) is 2.98. The van der Waals surface area contributed by atoms with E-state index in [1.165, 1.54) is 6.07 Å². The molecule has 5 nitrogen and oxygen atoms in total. The van der Waals surface area contributed by atoms with Gasteiger partial charge >= 0.3 is 5.97 Å². The number of primary amides is 1. The largest absolute Gasteiger partial charge is 0.481 e. The number of hydrogen-bond acceptors (Lipinski definition) is 3. The summed E-state index contributed by atoms with van der Waals surface area (Å²) in [5.74, 6) is -1.40. The topological polar surface area (TPSA) is 83.6 Å². The molecule has 0 aromatic heterocycles. The van der Waals surface area contributed by atoms with Crippen LogP contribution < -0.4 is 10.6 Å². The van der Waals surface area contributed by atoms with Crippen molar-refractivity contribution in [2.75, 3.05) is 11.4 Å². The van der Waals surface area contributed by atoms with E-state index in [0.29, 0.717) is 16.3 Å². The van der Waals surface area contributed by atoms with E-state index in [0.717, 1.165) is 19.4 Å². The normalized spacial score (nSPS) is 18.6. The second kappa shape index (κ2) is 5.48. The molecule has 0 bridgehead atoms. The smallest absolute Gasteiger partial charge is 0.305 e. The Kier molecular flexibility index (Phi) is 3.95.